The Bertz CT molecular complexity index is 2070. The molecule has 2 aromatic heterocycles. The number of nitrogens with zero attached hydrogens (tertiary/aromatic N) is 4. The minimum atomic E-state index is -0.0818. The summed E-state index contributed by atoms with van der Waals surface area (Å²) >= 11 is 0. The molecule has 0 aliphatic rings. The molecule has 0 spiro atoms. The largest absolute Gasteiger partial charge is 3.00 e. The number of fused-ring (bicyclic) bond motifs is 3. The molecule has 0 amide bonds. The average molecular weight is 805 g/mol. The van der Waals surface area contributed by atoms with Crippen LogP contribution in [0.3, 0.4) is 0 Å². The zero-order valence-electron chi connectivity index (χ0n) is 29.9. The molecular formula is C42H47AuN4. The van der Waals surface area contributed by atoms with Crippen LogP contribution in [0.15, 0.2) is 67.0 Å². The number of benzene rings is 4. The van der Waals surface area contributed by atoms with E-state index in [-0.39, 0.29) is 44.0 Å². The maximum atomic E-state index is 5.28. The third kappa shape index (κ3) is 6.92. The monoisotopic (exact) mass is 804 g/mol. The summed E-state index contributed by atoms with van der Waals surface area (Å²) < 4.78 is 1.79. The van der Waals surface area contributed by atoms with E-state index in [4.69, 9.17) is 4.98 Å². The molecule has 0 aliphatic heterocycles. The standard InChI is InChI=1S/C42H47N4.Au/c1-39(2,3)29-13-14-37-35(23-29)36-25-32(42(10,11)12)24-34(38(36)44-37)28-17-26(18-30(20-28)40(4,5)6)27-19-31(41(7,8)9)22-33(21-27)46-16-15-43-45-46;/h13-16,18-20,22-25H,1-12H3;/q-3;+3. The van der Waals surface area contributed by atoms with E-state index in [2.05, 4.69) is 160 Å². The van der Waals surface area contributed by atoms with Crippen molar-refractivity contribution in [2.24, 2.45) is 0 Å². The summed E-state index contributed by atoms with van der Waals surface area (Å²) in [5.41, 5.74) is 12.0. The summed E-state index contributed by atoms with van der Waals surface area (Å²) in [7, 11) is 0. The van der Waals surface area contributed by atoms with Crippen LogP contribution in [-0.4, -0.2) is 15.0 Å². The van der Waals surface area contributed by atoms with Crippen LogP contribution in [0.1, 0.15) is 105 Å². The van der Waals surface area contributed by atoms with Gasteiger partial charge in [-0.1, -0.05) is 124 Å². The van der Waals surface area contributed by atoms with E-state index in [1.807, 2.05) is 6.20 Å². The average Bonchev–Trinajstić information content (AvgIpc) is 3.62. The Morgan fingerprint density at radius 3 is 1.68 bits per heavy atom. The van der Waals surface area contributed by atoms with Crippen LogP contribution in [0.5, 0.6) is 0 Å². The maximum absolute atomic E-state index is 5.28. The second kappa shape index (κ2) is 11.9. The van der Waals surface area contributed by atoms with Crippen molar-refractivity contribution in [3.05, 3.63) is 101 Å². The molecule has 6 aromatic rings. The Morgan fingerprint density at radius 1 is 0.574 bits per heavy atom. The topological polar surface area (TPSA) is 44.8 Å². The van der Waals surface area contributed by atoms with Crippen molar-refractivity contribution >= 4 is 21.8 Å². The summed E-state index contributed by atoms with van der Waals surface area (Å²) in [6.45, 7) is 27.2. The molecule has 5 heteroatoms. The Hall–Kier alpha value is -3.44. The molecule has 0 fully saturated rings. The molecule has 4 aromatic carbocycles. The van der Waals surface area contributed by atoms with Crippen molar-refractivity contribution in [3.8, 4) is 27.9 Å². The van der Waals surface area contributed by atoms with Gasteiger partial charge in [-0.05, 0) is 49.2 Å². The fraction of sp³-hybridized carbons (Fsp3) is 0.381. The normalized spacial score (nSPS) is 12.9. The van der Waals surface area contributed by atoms with Crippen LogP contribution in [0.25, 0.3) is 49.7 Å². The summed E-state index contributed by atoms with van der Waals surface area (Å²) in [4.78, 5) is 5.28. The van der Waals surface area contributed by atoms with E-state index < -0.39 is 0 Å². The second-order valence-electron chi connectivity index (χ2n) is 17.0. The van der Waals surface area contributed by atoms with E-state index in [0.717, 1.165) is 39.0 Å². The van der Waals surface area contributed by atoms with Gasteiger partial charge in [0.15, 0.2) is 0 Å². The van der Waals surface area contributed by atoms with Crippen molar-refractivity contribution in [2.75, 3.05) is 0 Å². The molecule has 0 saturated heterocycles. The van der Waals surface area contributed by atoms with Crippen LogP contribution in [-0.2, 0) is 44.0 Å². The number of hydrogen-bond donors (Lipinski definition) is 0. The van der Waals surface area contributed by atoms with Crippen LogP contribution in [0.2, 0.25) is 0 Å². The van der Waals surface area contributed by atoms with E-state index in [9.17, 15) is 0 Å². The molecule has 0 radical (unpaired) electrons. The SMILES string of the molecule is CC(C)(C)c1cc(-c2[c-]c(-n3ccnn3)cc(C(C)(C)C)c2)[c-]c(-c2cc(C(C)(C)C)cc3c2[n-]c2ccc(C(C)(C)C)cc23)c1.[Au+3]. The van der Waals surface area contributed by atoms with E-state index in [1.165, 1.54) is 33.0 Å². The third-order valence-corrected chi connectivity index (χ3v) is 9.07. The van der Waals surface area contributed by atoms with Gasteiger partial charge < -0.3 is 4.98 Å². The zero-order chi connectivity index (χ0) is 33.4. The molecule has 4 nitrogen and oxygen atoms in total. The molecule has 246 valence electrons. The minimum absolute atomic E-state index is 0. The maximum Gasteiger partial charge on any atom is 3.00 e. The quantitative estimate of drug-likeness (QED) is 0.132. The fourth-order valence-corrected chi connectivity index (χ4v) is 5.92. The molecule has 0 N–H and O–H groups in total. The van der Waals surface area contributed by atoms with E-state index in [0.29, 0.717) is 0 Å². The Kier molecular flexibility index (Phi) is 8.84. The Labute approximate surface area is 296 Å². The van der Waals surface area contributed by atoms with Gasteiger partial charge in [0.2, 0.25) is 0 Å². The van der Waals surface area contributed by atoms with E-state index in [1.54, 1.807) is 10.9 Å². The van der Waals surface area contributed by atoms with Crippen molar-refractivity contribution < 1.29 is 22.4 Å². The molecule has 6 rings (SSSR count). The first-order chi connectivity index (χ1) is 21.3. The smallest absolute Gasteiger partial charge is 0.663 e. The molecule has 0 bridgehead atoms. The molecule has 2 heterocycles. The summed E-state index contributed by atoms with van der Waals surface area (Å²) in [6.07, 6.45) is 3.57. The fourth-order valence-electron chi connectivity index (χ4n) is 5.92. The van der Waals surface area contributed by atoms with Gasteiger partial charge in [0.1, 0.15) is 0 Å². The van der Waals surface area contributed by atoms with Gasteiger partial charge in [-0.15, -0.1) is 39.4 Å². The third-order valence-electron chi connectivity index (χ3n) is 9.07. The van der Waals surface area contributed by atoms with Gasteiger partial charge in [-0.25, -0.2) is 10.2 Å². The molecule has 0 unspecified atom stereocenters. The molecule has 47 heavy (non-hydrogen) atoms. The van der Waals surface area contributed by atoms with Gasteiger partial charge in [0, 0.05) is 6.20 Å². The van der Waals surface area contributed by atoms with Crippen LogP contribution in [0, 0.1) is 12.1 Å². The summed E-state index contributed by atoms with van der Waals surface area (Å²) in [5.74, 6) is 0. The number of rotatable bonds is 3. The molecule has 0 saturated carbocycles. The molecule has 0 aliphatic carbocycles. The molecular weight excluding hydrogens is 757 g/mol. The van der Waals surface area contributed by atoms with Crippen molar-refractivity contribution in [2.45, 2.75) is 105 Å². The van der Waals surface area contributed by atoms with Gasteiger partial charge >= 0.3 is 22.4 Å². The van der Waals surface area contributed by atoms with Crippen molar-refractivity contribution in [3.63, 3.8) is 0 Å². The minimum Gasteiger partial charge on any atom is -0.663 e. The van der Waals surface area contributed by atoms with Gasteiger partial charge in [0.25, 0.3) is 0 Å². The van der Waals surface area contributed by atoms with E-state index >= 15 is 0 Å². The van der Waals surface area contributed by atoms with Crippen molar-refractivity contribution in [1.82, 2.24) is 20.0 Å². The number of aromatic nitrogens is 4. The predicted molar refractivity (Wildman–Crippen MR) is 193 cm³/mol. The summed E-state index contributed by atoms with van der Waals surface area (Å²) in [6, 6.07) is 28.0. The van der Waals surface area contributed by atoms with Crippen LogP contribution >= 0.6 is 0 Å². The first-order valence-corrected chi connectivity index (χ1v) is 16.4. The first kappa shape index (κ1) is 34.9. The van der Waals surface area contributed by atoms with Crippen LogP contribution < -0.4 is 4.98 Å². The molecule has 0 atom stereocenters. The number of hydrogen-bond acceptors (Lipinski definition) is 2. The van der Waals surface area contributed by atoms with Crippen molar-refractivity contribution in [1.29, 1.82) is 0 Å². The second-order valence-corrected chi connectivity index (χ2v) is 17.0. The Morgan fingerprint density at radius 2 is 1.11 bits per heavy atom. The summed E-state index contributed by atoms with van der Waals surface area (Å²) in [5, 5.41) is 10.8. The van der Waals surface area contributed by atoms with Crippen LogP contribution in [0.4, 0.5) is 0 Å². The van der Waals surface area contributed by atoms with Gasteiger partial charge in [-0.2, -0.15) is 35.3 Å². The van der Waals surface area contributed by atoms with Gasteiger partial charge in [-0.3, -0.25) is 0 Å². The Balaban J connectivity index is 0.00000433. The first-order valence-electron chi connectivity index (χ1n) is 16.4. The predicted octanol–water partition coefficient (Wildman–Crippen LogP) is 10.7. The van der Waals surface area contributed by atoms with Gasteiger partial charge in [0.05, 0.1) is 6.20 Å². The zero-order valence-corrected chi connectivity index (χ0v) is 32.1.